The van der Waals surface area contributed by atoms with Crippen LogP contribution >= 0.6 is 11.6 Å². The lowest BCUT2D eigenvalue weighted by atomic mass is 10.0. The standard InChI is InChI=1S/C13H18ClNO2/c1-3-12(15(4-2)9-13(16)17)10-5-7-11(14)8-6-10/h5-8,12H,3-4,9H2,1-2H3,(H,16,17). The highest BCUT2D eigenvalue weighted by Gasteiger charge is 2.19. The summed E-state index contributed by atoms with van der Waals surface area (Å²) in [5, 5.41) is 9.59. The SMILES string of the molecule is CCC(c1ccc(Cl)cc1)N(CC)CC(=O)O. The number of benzene rings is 1. The highest BCUT2D eigenvalue weighted by Crippen LogP contribution is 2.25. The summed E-state index contributed by atoms with van der Waals surface area (Å²) >= 11 is 5.85. The minimum atomic E-state index is -0.792. The number of carbonyl (C=O) groups is 1. The lowest BCUT2D eigenvalue weighted by Gasteiger charge is -2.28. The number of aliphatic carboxylic acids is 1. The fourth-order valence-corrected chi connectivity index (χ4v) is 2.13. The summed E-state index contributed by atoms with van der Waals surface area (Å²) in [7, 11) is 0. The molecular formula is C13H18ClNO2. The molecule has 0 heterocycles. The van der Waals surface area contributed by atoms with Crippen molar-refractivity contribution >= 4 is 17.6 Å². The predicted octanol–water partition coefficient (Wildman–Crippen LogP) is 3.20. The van der Waals surface area contributed by atoms with E-state index in [0.717, 1.165) is 12.0 Å². The molecule has 0 fully saturated rings. The maximum Gasteiger partial charge on any atom is 0.317 e. The Labute approximate surface area is 107 Å². The largest absolute Gasteiger partial charge is 0.480 e. The van der Waals surface area contributed by atoms with Crippen molar-refractivity contribution in [1.82, 2.24) is 4.90 Å². The summed E-state index contributed by atoms with van der Waals surface area (Å²) < 4.78 is 0. The Balaban J connectivity index is 2.88. The quantitative estimate of drug-likeness (QED) is 0.849. The van der Waals surface area contributed by atoms with Gasteiger partial charge in [0.2, 0.25) is 0 Å². The van der Waals surface area contributed by atoms with E-state index in [2.05, 4.69) is 6.92 Å². The fraction of sp³-hybridized carbons (Fsp3) is 0.462. The molecule has 0 spiro atoms. The molecular weight excluding hydrogens is 238 g/mol. The second-order valence-corrected chi connectivity index (χ2v) is 4.37. The van der Waals surface area contributed by atoms with Gasteiger partial charge in [0.25, 0.3) is 0 Å². The van der Waals surface area contributed by atoms with Gasteiger partial charge in [0.15, 0.2) is 0 Å². The van der Waals surface area contributed by atoms with Crippen molar-refractivity contribution in [2.24, 2.45) is 0 Å². The molecule has 0 aliphatic rings. The van der Waals surface area contributed by atoms with Gasteiger partial charge >= 0.3 is 5.97 Å². The third-order valence-electron chi connectivity index (χ3n) is 2.83. The molecule has 0 aliphatic heterocycles. The molecule has 3 nitrogen and oxygen atoms in total. The van der Waals surface area contributed by atoms with E-state index in [0.29, 0.717) is 11.6 Å². The van der Waals surface area contributed by atoms with Gasteiger partial charge in [-0.25, -0.2) is 0 Å². The number of rotatable bonds is 6. The first-order valence-electron chi connectivity index (χ1n) is 5.79. The smallest absolute Gasteiger partial charge is 0.317 e. The number of likely N-dealkylation sites (N-methyl/N-ethyl adjacent to an activating group) is 1. The van der Waals surface area contributed by atoms with Gasteiger partial charge in [-0.2, -0.15) is 0 Å². The van der Waals surface area contributed by atoms with E-state index in [9.17, 15) is 4.79 Å². The van der Waals surface area contributed by atoms with E-state index in [1.165, 1.54) is 0 Å². The molecule has 0 aromatic heterocycles. The molecule has 0 amide bonds. The van der Waals surface area contributed by atoms with Crippen LogP contribution in [-0.4, -0.2) is 29.1 Å². The predicted molar refractivity (Wildman–Crippen MR) is 69.4 cm³/mol. The molecule has 0 aliphatic carbocycles. The summed E-state index contributed by atoms with van der Waals surface area (Å²) in [4.78, 5) is 12.8. The number of carboxylic acids is 1. The van der Waals surface area contributed by atoms with Crippen LogP contribution < -0.4 is 0 Å². The minimum Gasteiger partial charge on any atom is -0.480 e. The molecule has 1 unspecified atom stereocenters. The Bertz CT molecular complexity index is 364. The Morgan fingerprint density at radius 1 is 1.35 bits per heavy atom. The molecule has 1 atom stereocenters. The first-order chi connectivity index (χ1) is 8.08. The Kier molecular flexibility index (Phi) is 5.45. The fourth-order valence-electron chi connectivity index (χ4n) is 2.01. The maximum absolute atomic E-state index is 10.8. The van der Waals surface area contributed by atoms with Crippen LogP contribution in [-0.2, 0) is 4.79 Å². The van der Waals surface area contributed by atoms with Crippen molar-refractivity contribution in [2.45, 2.75) is 26.3 Å². The summed E-state index contributed by atoms with van der Waals surface area (Å²) in [6.45, 7) is 4.82. The van der Waals surface area contributed by atoms with Crippen molar-refractivity contribution in [3.8, 4) is 0 Å². The highest BCUT2D eigenvalue weighted by atomic mass is 35.5. The van der Waals surface area contributed by atoms with Crippen molar-refractivity contribution in [1.29, 1.82) is 0 Å². The summed E-state index contributed by atoms with van der Waals surface area (Å²) in [6.07, 6.45) is 0.878. The van der Waals surface area contributed by atoms with Crippen molar-refractivity contribution in [3.05, 3.63) is 34.9 Å². The van der Waals surface area contributed by atoms with Gasteiger partial charge in [-0.05, 0) is 30.7 Å². The Hall–Kier alpha value is -1.06. The average molecular weight is 256 g/mol. The molecule has 0 saturated carbocycles. The topological polar surface area (TPSA) is 40.5 Å². The summed E-state index contributed by atoms with van der Waals surface area (Å²) in [5.41, 5.74) is 1.11. The first-order valence-corrected chi connectivity index (χ1v) is 6.17. The Morgan fingerprint density at radius 3 is 2.35 bits per heavy atom. The van der Waals surface area contributed by atoms with E-state index in [1.807, 2.05) is 36.1 Å². The highest BCUT2D eigenvalue weighted by molar-refractivity contribution is 6.30. The van der Waals surface area contributed by atoms with Crippen LogP contribution in [0.5, 0.6) is 0 Å². The molecule has 1 rings (SSSR count). The van der Waals surface area contributed by atoms with Crippen LogP contribution in [0.2, 0.25) is 5.02 Å². The number of halogens is 1. The van der Waals surface area contributed by atoms with Crippen LogP contribution in [0.25, 0.3) is 0 Å². The molecule has 4 heteroatoms. The zero-order valence-electron chi connectivity index (χ0n) is 10.2. The van der Waals surface area contributed by atoms with Crippen LogP contribution in [0.3, 0.4) is 0 Å². The van der Waals surface area contributed by atoms with Gasteiger partial charge < -0.3 is 5.11 Å². The zero-order valence-corrected chi connectivity index (χ0v) is 10.9. The third kappa shape index (κ3) is 4.02. The second-order valence-electron chi connectivity index (χ2n) is 3.93. The van der Waals surface area contributed by atoms with Gasteiger partial charge in [0.05, 0.1) is 6.54 Å². The van der Waals surface area contributed by atoms with Crippen LogP contribution in [0.15, 0.2) is 24.3 Å². The molecule has 0 saturated heterocycles. The van der Waals surface area contributed by atoms with Gasteiger partial charge in [-0.15, -0.1) is 0 Å². The average Bonchev–Trinajstić information content (AvgIpc) is 2.30. The number of nitrogens with zero attached hydrogens (tertiary/aromatic N) is 1. The lowest BCUT2D eigenvalue weighted by molar-refractivity contribution is -0.138. The summed E-state index contributed by atoms with van der Waals surface area (Å²) in [6, 6.07) is 7.73. The van der Waals surface area contributed by atoms with Crippen LogP contribution in [0, 0.1) is 0 Å². The molecule has 1 aromatic carbocycles. The molecule has 0 bridgehead atoms. The third-order valence-corrected chi connectivity index (χ3v) is 3.08. The lowest BCUT2D eigenvalue weighted by Crippen LogP contribution is -2.33. The zero-order chi connectivity index (χ0) is 12.8. The van der Waals surface area contributed by atoms with E-state index in [-0.39, 0.29) is 12.6 Å². The maximum atomic E-state index is 10.8. The van der Waals surface area contributed by atoms with Crippen LogP contribution in [0.4, 0.5) is 0 Å². The molecule has 1 aromatic rings. The molecule has 94 valence electrons. The van der Waals surface area contributed by atoms with Gasteiger partial charge in [-0.1, -0.05) is 37.6 Å². The van der Waals surface area contributed by atoms with E-state index in [1.54, 1.807) is 0 Å². The second kappa shape index (κ2) is 6.62. The first kappa shape index (κ1) is 14.0. The number of hydrogen-bond donors (Lipinski definition) is 1. The number of hydrogen-bond acceptors (Lipinski definition) is 2. The molecule has 17 heavy (non-hydrogen) atoms. The van der Waals surface area contributed by atoms with Crippen LogP contribution in [0.1, 0.15) is 31.9 Å². The normalized spacial score (nSPS) is 12.7. The van der Waals surface area contributed by atoms with Gasteiger partial charge in [0, 0.05) is 11.1 Å². The van der Waals surface area contributed by atoms with E-state index in [4.69, 9.17) is 16.7 Å². The summed E-state index contributed by atoms with van der Waals surface area (Å²) in [5.74, 6) is -0.792. The van der Waals surface area contributed by atoms with Gasteiger partial charge in [0.1, 0.15) is 0 Å². The molecule has 0 radical (unpaired) electrons. The van der Waals surface area contributed by atoms with E-state index < -0.39 is 5.97 Å². The number of carboxylic acid groups (broad SMARTS) is 1. The van der Waals surface area contributed by atoms with Crippen molar-refractivity contribution in [3.63, 3.8) is 0 Å². The van der Waals surface area contributed by atoms with Crippen molar-refractivity contribution in [2.75, 3.05) is 13.1 Å². The van der Waals surface area contributed by atoms with Gasteiger partial charge in [-0.3, -0.25) is 9.69 Å². The monoisotopic (exact) mass is 255 g/mol. The Morgan fingerprint density at radius 2 is 1.94 bits per heavy atom. The molecule has 1 N–H and O–H groups in total. The van der Waals surface area contributed by atoms with Crippen molar-refractivity contribution < 1.29 is 9.90 Å². The minimum absolute atomic E-state index is 0.0671. The van der Waals surface area contributed by atoms with E-state index >= 15 is 0 Å².